The van der Waals surface area contributed by atoms with Gasteiger partial charge in [-0.1, -0.05) is 0 Å². The van der Waals surface area contributed by atoms with Crippen LogP contribution in [0.15, 0.2) is 0 Å². The highest BCUT2D eigenvalue weighted by Crippen LogP contribution is 2.37. The number of aromatic amines is 1. The van der Waals surface area contributed by atoms with Gasteiger partial charge in [0.15, 0.2) is 0 Å². The van der Waals surface area contributed by atoms with E-state index in [4.69, 9.17) is 5.11 Å². The van der Waals surface area contributed by atoms with E-state index in [1.807, 2.05) is 5.10 Å². The van der Waals surface area contributed by atoms with E-state index in [1.54, 1.807) is 0 Å². The molecule has 1 rings (SSSR count). The van der Waals surface area contributed by atoms with Crippen molar-refractivity contribution in [1.82, 2.24) is 10.2 Å². The molecular formula is C6H7F3N2O2. The lowest BCUT2D eigenvalue weighted by molar-refractivity contribution is -0.139. The molecule has 4 nitrogen and oxygen atoms in total. The quantitative estimate of drug-likeness (QED) is 0.739. The lowest BCUT2D eigenvalue weighted by atomic mass is 10.2. The Morgan fingerprint density at radius 1 is 1.54 bits per heavy atom. The van der Waals surface area contributed by atoms with Gasteiger partial charge in [-0.25, -0.2) is 5.10 Å². The highest BCUT2D eigenvalue weighted by atomic mass is 19.4. The molecular weight excluding hydrogens is 189 g/mol. The van der Waals surface area contributed by atoms with Crippen LogP contribution in [-0.2, 0) is 12.8 Å². The van der Waals surface area contributed by atoms with Crippen LogP contribution in [0.4, 0.5) is 13.2 Å². The number of nitrogens with zero attached hydrogens (tertiary/aromatic N) is 1. The summed E-state index contributed by atoms with van der Waals surface area (Å²) in [6, 6.07) is 0. The first-order valence-corrected chi connectivity index (χ1v) is 3.30. The third-order valence-electron chi connectivity index (χ3n) is 1.45. The molecule has 0 fully saturated rings. The van der Waals surface area contributed by atoms with E-state index in [0.717, 1.165) is 7.11 Å². The Balaban J connectivity index is 3.20. The van der Waals surface area contributed by atoms with Crippen LogP contribution in [0.3, 0.4) is 0 Å². The van der Waals surface area contributed by atoms with Gasteiger partial charge in [0, 0.05) is 0 Å². The average Bonchev–Trinajstić information content (AvgIpc) is 2.45. The molecule has 0 aliphatic rings. The number of halogens is 3. The lowest BCUT2D eigenvalue weighted by Gasteiger charge is -2.06. The Hall–Kier alpha value is -1.24. The summed E-state index contributed by atoms with van der Waals surface area (Å²) in [7, 11) is 1.09. The van der Waals surface area contributed by atoms with Gasteiger partial charge in [0.05, 0.1) is 13.7 Å². The molecule has 0 aliphatic heterocycles. The number of hydrogen-bond donors (Lipinski definition) is 2. The van der Waals surface area contributed by atoms with Crippen molar-refractivity contribution < 1.29 is 23.0 Å². The van der Waals surface area contributed by atoms with Gasteiger partial charge in [0.1, 0.15) is 11.3 Å². The monoisotopic (exact) mass is 196 g/mol. The molecule has 0 saturated heterocycles. The topological polar surface area (TPSA) is 58.1 Å². The van der Waals surface area contributed by atoms with Gasteiger partial charge in [0.25, 0.3) is 0 Å². The second kappa shape index (κ2) is 3.25. The molecule has 7 heteroatoms. The van der Waals surface area contributed by atoms with Crippen LogP contribution >= 0.6 is 0 Å². The normalized spacial score (nSPS) is 11.8. The van der Waals surface area contributed by atoms with Crippen LogP contribution < -0.4 is 4.74 Å². The number of aliphatic hydroxyl groups excluding tert-OH is 1. The number of alkyl halides is 3. The molecule has 1 aromatic heterocycles. The molecule has 0 spiro atoms. The molecule has 0 aromatic carbocycles. The SMILES string of the molecule is COc1[nH]nc(CO)c1C(F)(F)F. The molecule has 1 heterocycles. The van der Waals surface area contributed by atoms with Crippen molar-refractivity contribution in [3.63, 3.8) is 0 Å². The van der Waals surface area contributed by atoms with Crippen LogP contribution in [-0.4, -0.2) is 22.4 Å². The zero-order valence-electron chi connectivity index (χ0n) is 6.64. The number of hydrogen-bond acceptors (Lipinski definition) is 3. The number of aromatic nitrogens is 2. The van der Waals surface area contributed by atoms with E-state index in [-0.39, 0.29) is 0 Å². The van der Waals surface area contributed by atoms with E-state index in [2.05, 4.69) is 9.84 Å². The van der Waals surface area contributed by atoms with Crippen LogP contribution in [0.25, 0.3) is 0 Å². The predicted octanol–water partition coefficient (Wildman–Crippen LogP) is 0.929. The number of ether oxygens (including phenoxy) is 1. The highest BCUT2D eigenvalue weighted by Gasteiger charge is 2.39. The number of H-pyrrole nitrogens is 1. The molecule has 74 valence electrons. The third-order valence-corrected chi connectivity index (χ3v) is 1.45. The summed E-state index contributed by atoms with van der Waals surface area (Å²) in [6.07, 6.45) is -4.57. The maximum absolute atomic E-state index is 12.3. The van der Waals surface area contributed by atoms with Crippen molar-refractivity contribution in [2.75, 3.05) is 7.11 Å². The van der Waals surface area contributed by atoms with Crippen molar-refractivity contribution in [3.05, 3.63) is 11.3 Å². The molecule has 0 atom stereocenters. The van der Waals surface area contributed by atoms with Gasteiger partial charge in [-0.05, 0) is 0 Å². The highest BCUT2D eigenvalue weighted by molar-refractivity contribution is 5.32. The summed E-state index contributed by atoms with van der Waals surface area (Å²) in [5.41, 5.74) is -1.53. The summed E-state index contributed by atoms with van der Waals surface area (Å²) in [4.78, 5) is 0. The number of methoxy groups -OCH3 is 1. The first kappa shape index (κ1) is 9.85. The zero-order chi connectivity index (χ0) is 10.1. The van der Waals surface area contributed by atoms with E-state index < -0.39 is 29.9 Å². The summed E-state index contributed by atoms with van der Waals surface area (Å²) >= 11 is 0. The van der Waals surface area contributed by atoms with E-state index in [9.17, 15) is 13.2 Å². The maximum Gasteiger partial charge on any atom is 0.423 e. The largest absolute Gasteiger partial charge is 0.481 e. The fraction of sp³-hybridized carbons (Fsp3) is 0.500. The number of rotatable bonds is 2. The lowest BCUT2D eigenvalue weighted by Crippen LogP contribution is -2.09. The zero-order valence-corrected chi connectivity index (χ0v) is 6.64. The van der Waals surface area contributed by atoms with Crippen LogP contribution in [0, 0.1) is 0 Å². The first-order chi connectivity index (χ1) is 6.00. The second-order valence-corrected chi connectivity index (χ2v) is 2.23. The Morgan fingerprint density at radius 2 is 2.15 bits per heavy atom. The van der Waals surface area contributed by atoms with Gasteiger partial charge >= 0.3 is 6.18 Å². The van der Waals surface area contributed by atoms with Crippen molar-refractivity contribution in [1.29, 1.82) is 0 Å². The van der Waals surface area contributed by atoms with Crippen LogP contribution in [0.1, 0.15) is 11.3 Å². The minimum absolute atomic E-state index is 0.468. The van der Waals surface area contributed by atoms with E-state index in [1.165, 1.54) is 0 Å². The molecule has 0 aliphatic carbocycles. The van der Waals surface area contributed by atoms with Gasteiger partial charge in [-0.15, -0.1) is 0 Å². The Kier molecular flexibility index (Phi) is 2.46. The molecule has 0 radical (unpaired) electrons. The standard InChI is InChI=1S/C6H7F3N2O2/c1-13-5-4(6(7,8)9)3(2-12)10-11-5/h12H,2H2,1H3,(H,10,11). The Labute approximate surface area is 71.3 Å². The van der Waals surface area contributed by atoms with Gasteiger partial charge in [-0.3, -0.25) is 0 Å². The smallest absolute Gasteiger partial charge is 0.423 e. The van der Waals surface area contributed by atoms with Gasteiger partial charge < -0.3 is 9.84 Å². The van der Waals surface area contributed by atoms with E-state index >= 15 is 0 Å². The van der Waals surface area contributed by atoms with Crippen molar-refractivity contribution in [2.45, 2.75) is 12.8 Å². The van der Waals surface area contributed by atoms with Crippen molar-refractivity contribution in [3.8, 4) is 5.88 Å². The molecule has 0 saturated carbocycles. The first-order valence-electron chi connectivity index (χ1n) is 3.30. The molecule has 2 N–H and O–H groups in total. The van der Waals surface area contributed by atoms with Gasteiger partial charge in [-0.2, -0.15) is 18.3 Å². The van der Waals surface area contributed by atoms with Crippen LogP contribution in [0.5, 0.6) is 5.88 Å². The fourth-order valence-electron chi connectivity index (χ4n) is 0.916. The molecule has 1 aromatic rings. The summed E-state index contributed by atoms with van der Waals surface area (Å²) in [6.45, 7) is -0.783. The summed E-state index contributed by atoms with van der Waals surface area (Å²) < 4.78 is 41.2. The van der Waals surface area contributed by atoms with Crippen LogP contribution in [0.2, 0.25) is 0 Å². The maximum atomic E-state index is 12.3. The number of nitrogens with one attached hydrogen (secondary N) is 1. The molecule has 0 unspecified atom stereocenters. The molecule has 0 bridgehead atoms. The number of aliphatic hydroxyl groups is 1. The second-order valence-electron chi connectivity index (χ2n) is 2.23. The Morgan fingerprint density at radius 3 is 2.54 bits per heavy atom. The fourth-order valence-corrected chi connectivity index (χ4v) is 0.916. The summed E-state index contributed by atoms with van der Waals surface area (Å²) in [5, 5.41) is 13.8. The minimum Gasteiger partial charge on any atom is -0.481 e. The Bertz CT molecular complexity index is 273. The minimum atomic E-state index is -4.57. The van der Waals surface area contributed by atoms with E-state index in [0.29, 0.717) is 0 Å². The van der Waals surface area contributed by atoms with Crippen molar-refractivity contribution in [2.24, 2.45) is 0 Å². The predicted molar refractivity (Wildman–Crippen MR) is 36.1 cm³/mol. The summed E-state index contributed by atoms with van der Waals surface area (Å²) in [5.74, 6) is -0.489. The molecule has 0 amide bonds. The van der Waals surface area contributed by atoms with Gasteiger partial charge in [0.2, 0.25) is 5.88 Å². The third kappa shape index (κ3) is 1.74. The van der Waals surface area contributed by atoms with Crippen molar-refractivity contribution >= 4 is 0 Å². The average molecular weight is 196 g/mol. The molecule has 13 heavy (non-hydrogen) atoms.